The number of alkyl halides is 3. The van der Waals surface area contributed by atoms with E-state index in [0.29, 0.717) is 5.92 Å². The van der Waals surface area contributed by atoms with Crippen LogP contribution in [0.3, 0.4) is 0 Å². The van der Waals surface area contributed by atoms with E-state index >= 15 is 0 Å². The fraction of sp³-hybridized carbons (Fsp3) is 0.455. The Balaban J connectivity index is 2.36. The molecular weight excluding hydrogens is 321 g/mol. The Morgan fingerprint density at radius 2 is 1.52 bits per heavy atom. The summed E-state index contributed by atoms with van der Waals surface area (Å²) in [5.74, 6) is 0.437. The molecule has 0 radical (unpaired) electrons. The van der Waals surface area contributed by atoms with Crippen molar-refractivity contribution in [2.24, 2.45) is 5.41 Å². The quantitative estimate of drug-likeness (QED) is 0.547. The highest BCUT2D eigenvalue weighted by atomic mass is 19.4. The normalized spacial score (nSPS) is 12.7. The third kappa shape index (κ3) is 4.26. The lowest BCUT2D eigenvalue weighted by atomic mass is 9.84. The van der Waals surface area contributed by atoms with Crippen molar-refractivity contribution in [3.05, 3.63) is 58.7 Å². The maximum atomic E-state index is 13.1. The second-order valence-electron chi connectivity index (χ2n) is 7.93. The summed E-state index contributed by atoms with van der Waals surface area (Å²) < 4.78 is 39.4. The Labute approximate surface area is 149 Å². The van der Waals surface area contributed by atoms with E-state index in [9.17, 15) is 13.2 Å². The molecule has 0 aliphatic carbocycles. The minimum atomic E-state index is -4.21. The van der Waals surface area contributed by atoms with Crippen LogP contribution in [0.15, 0.2) is 36.4 Å². The van der Waals surface area contributed by atoms with Crippen LogP contribution in [0.5, 0.6) is 0 Å². The molecule has 0 saturated heterocycles. The first-order chi connectivity index (χ1) is 11.4. The lowest BCUT2D eigenvalue weighted by Crippen LogP contribution is -2.34. The molecule has 0 amide bonds. The highest BCUT2D eigenvalue weighted by Crippen LogP contribution is 2.40. The van der Waals surface area contributed by atoms with Crippen LogP contribution in [-0.2, 0) is 6.42 Å². The van der Waals surface area contributed by atoms with E-state index < -0.39 is 11.6 Å². The van der Waals surface area contributed by atoms with Crippen molar-refractivity contribution in [2.75, 3.05) is 0 Å². The Morgan fingerprint density at radius 3 is 2.04 bits per heavy atom. The lowest BCUT2D eigenvalue weighted by molar-refractivity contribution is -0.211. The molecule has 0 N–H and O–H groups in total. The smallest absolute Gasteiger partial charge is 0.171 e. The Morgan fingerprint density at radius 1 is 0.880 bits per heavy atom. The number of hydrogen-bond acceptors (Lipinski definition) is 0. The molecule has 0 heterocycles. The molecule has 0 aromatic heterocycles. The second-order valence-corrected chi connectivity index (χ2v) is 7.93. The summed E-state index contributed by atoms with van der Waals surface area (Å²) in [6, 6.07) is 12.1. The van der Waals surface area contributed by atoms with Gasteiger partial charge >= 0.3 is 6.18 Å². The van der Waals surface area contributed by atoms with Gasteiger partial charge in [0.1, 0.15) is 0 Å². The first-order valence-electron chi connectivity index (χ1n) is 8.69. The van der Waals surface area contributed by atoms with Gasteiger partial charge in [0.05, 0.1) is 5.41 Å². The van der Waals surface area contributed by atoms with Gasteiger partial charge in [-0.3, -0.25) is 0 Å². The lowest BCUT2D eigenvalue weighted by Gasteiger charge is -2.28. The van der Waals surface area contributed by atoms with Crippen LogP contribution < -0.4 is 0 Å². The van der Waals surface area contributed by atoms with Crippen molar-refractivity contribution >= 4 is 0 Å². The van der Waals surface area contributed by atoms with Crippen molar-refractivity contribution in [2.45, 2.75) is 60.1 Å². The topological polar surface area (TPSA) is 0 Å². The largest absolute Gasteiger partial charge is 0.394 e. The molecule has 2 aromatic carbocycles. The summed E-state index contributed by atoms with van der Waals surface area (Å²) in [7, 11) is 0. The molecule has 0 unspecified atom stereocenters. The molecule has 0 atom stereocenters. The van der Waals surface area contributed by atoms with Gasteiger partial charge in [-0.15, -0.1) is 0 Å². The molecule has 3 heteroatoms. The minimum absolute atomic E-state index is 0.0111. The van der Waals surface area contributed by atoms with Gasteiger partial charge in [-0.25, -0.2) is 0 Å². The van der Waals surface area contributed by atoms with Crippen LogP contribution in [0.4, 0.5) is 13.2 Å². The summed E-state index contributed by atoms with van der Waals surface area (Å²) in [6.45, 7) is 10.9. The maximum absolute atomic E-state index is 13.1. The van der Waals surface area contributed by atoms with Crippen molar-refractivity contribution in [3.63, 3.8) is 0 Å². The van der Waals surface area contributed by atoms with E-state index in [1.807, 2.05) is 25.1 Å². The minimum Gasteiger partial charge on any atom is -0.171 e. The van der Waals surface area contributed by atoms with E-state index in [-0.39, 0.29) is 6.42 Å². The molecule has 0 fully saturated rings. The molecular formula is C22H27F3. The third-order valence-electron chi connectivity index (χ3n) is 4.92. The summed E-state index contributed by atoms with van der Waals surface area (Å²) in [6.07, 6.45) is -4.22. The van der Waals surface area contributed by atoms with Crippen LogP contribution in [0.25, 0.3) is 11.1 Å². The van der Waals surface area contributed by atoms with Gasteiger partial charge in [-0.05, 0) is 59.6 Å². The van der Waals surface area contributed by atoms with Gasteiger partial charge in [-0.1, -0.05) is 64.1 Å². The molecule has 0 aliphatic heterocycles. The zero-order valence-electron chi connectivity index (χ0n) is 15.9. The number of aryl methyl sites for hydroxylation is 2. The molecule has 2 aromatic rings. The Kier molecular flexibility index (Phi) is 5.36. The van der Waals surface area contributed by atoms with Gasteiger partial charge in [0.15, 0.2) is 0 Å². The molecule has 0 bridgehead atoms. The van der Waals surface area contributed by atoms with Crippen molar-refractivity contribution in [1.82, 2.24) is 0 Å². The van der Waals surface area contributed by atoms with Gasteiger partial charge in [0, 0.05) is 0 Å². The third-order valence-corrected chi connectivity index (χ3v) is 4.92. The Hall–Kier alpha value is -1.77. The predicted octanol–water partition coefficient (Wildman–Crippen LogP) is 7.22. The monoisotopic (exact) mass is 348 g/mol. The van der Waals surface area contributed by atoms with Crippen LogP contribution in [0, 0.1) is 19.3 Å². The molecule has 0 spiro atoms. The van der Waals surface area contributed by atoms with Crippen LogP contribution >= 0.6 is 0 Å². The molecule has 0 aliphatic rings. The molecule has 25 heavy (non-hydrogen) atoms. The fourth-order valence-electron chi connectivity index (χ4n) is 3.20. The van der Waals surface area contributed by atoms with Crippen LogP contribution in [-0.4, -0.2) is 6.18 Å². The summed E-state index contributed by atoms with van der Waals surface area (Å²) in [5, 5.41) is 0. The van der Waals surface area contributed by atoms with Gasteiger partial charge in [-0.2, -0.15) is 13.2 Å². The van der Waals surface area contributed by atoms with Crippen LogP contribution in [0.2, 0.25) is 0 Å². The molecule has 0 saturated carbocycles. The van der Waals surface area contributed by atoms with Crippen molar-refractivity contribution in [1.29, 1.82) is 0 Å². The van der Waals surface area contributed by atoms with Gasteiger partial charge in [0.2, 0.25) is 0 Å². The zero-order valence-corrected chi connectivity index (χ0v) is 15.9. The van der Waals surface area contributed by atoms with E-state index in [1.165, 1.54) is 25.0 Å². The first-order valence-corrected chi connectivity index (χ1v) is 8.69. The summed E-state index contributed by atoms with van der Waals surface area (Å²) in [4.78, 5) is 0. The number of halogens is 3. The Bertz CT molecular complexity index is 752. The van der Waals surface area contributed by atoms with Gasteiger partial charge in [0.25, 0.3) is 0 Å². The average molecular weight is 348 g/mol. The highest BCUT2D eigenvalue weighted by molar-refractivity contribution is 5.69. The number of benzene rings is 2. The van der Waals surface area contributed by atoms with E-state index in [2.05, 4.69) is 39.0 Å². The SMILES string of the molecule is Cc1cc(CC(C)(C)C(F)(F)F)ccc1-c1ccc(C)c(C(C)C)c1. The standard InChI is InChI=1S/C22H27F3/c1-14(2)20-12-18(9-7-15(20)3)19-10-8-17(11-16(19)4)13-21(5,6)22(23,24)25/h7-12,14H,13H2,1-6H3. The maximum Gasteiger partial charge on any atom is 0.394 e. The predicted molar refractivity (Wildman–Crippen MR) is 99.0 cm³/mol. The summed E-state index contributed by atoms with van der Waals surface area (Å²) >= 11 is 0. The van der Waals surface area contributed by atoms with Crippen molar-refractivity contribution in [3.8, 4) is 11.1 Å². The average Bonchev–Trinajstić information content (AvgIpc) is 2.46. The summed E-state index contributed by atoms with van der Waals surface area (Å²) in [5.41, 5.74) is 4.77. The van der Waals surface area contributed by atoms with Crippen molar-refractivity contribution < 1.29 is 13.2 Å². The second kappa shape index (κ2) is 6.86. The van der Waals surface area contributed by atoms with Crippen LogP contribution in [0.1, 0.15) is 55.9 Å². The molecule has 136 valence electrons. The highest BCUT2D eigenvalue weighted by Gasteiger charge is 2.46. The van der Waals surface area contributed by atoms with E-state index in [1.54, 1.807) is 0 Å². The molecule has 0 nitrogen and oxygen atoms in total. The molecule has 2 rings (SSSR count). The number of hydrogen-bond donors (Lipinski definition) is 0. The van der Waals surface area contributed by atoms with E-state index in [4.69, 9.17) is 0 Å². The van der Waals surface area contributed by atoms with Gasteiger partial charge < -0.3 is 0 Å². The zero-order chi connectivity index (χ0) is 19.0. The van der Waals surface area contributed by atoms with E-state index in [0.717, 1.165) is 22.3 Å². The first kappa shape index (κ1) is 19.6. The fourth-order valence-corrected chi connectivity index (χ4v) is 3.20. The number of rotatable bonds is 4.